The molecule has 1 aliphatic heterocycles. The van der Waals surface area contributed by atoms with Gasteiger partial charge in [-0.3, -0.25) is 4.79 Å². The normalized spacial score (nSPS) is 13.3. The molecule has 1 amide bonds. The topological polar surface area (TPSA) is 59.5 Å². The van der Waals surface area contributed by atoms with Gasteiger partial charge < -0.3 is 9.64 Å². The van der Waals surface area contributed by atoms with Crippen LogP contribution in [0.25, 0.3) is 10.9 Å². The molecular formula is C21H18N2O3. The van der Waals surface area contributed by atoms with E-state index >= 15 is 0 Å². The Morgan fingerprint density at radius 3 is 2.73 bits per heavy atom. The van der Waals surface area contributed by atoms with E-state index in [1.807, 2.05) is 54.6 Å². The SMILES string of the molecule is O=C(OCC(=O)N1CCCc2ccccc21)c1ccc2ccccc2n1. The molecule has 2 aromatic carbocycles. The first-order valence-corrected chi connectivity index (χ1v) is 8.63. The molecule has 3 aromatic rings. The zero-order valence-corrected chi connectivity index (χ0v) is 14.2. The third-order valence-electron chi connectivity index (χ3n) is 4.55. The third kappa shape index (κ3) is 3.16. The highest BCUT2D eigenvalue weighted by Gasteiger charge is 2.23. The summed E-state index contributed by atoms with van der Waals surface area (Å²) >= 11 is 0. The molecule has 0 bridgehead atoms. The van der Waals surface area contributed by atoms with E-state index in [0.29, 0.717) is 6.54 Å². The quantitative estimate of drug-likeness (QED) is 0.682. The van der Waals surface area contributed by atoms with Gasteiger partial charge in [0.05, 0.1) is 5.52 Å². The largest absolute Gasteiger partial charge is 0.451 e. The predicted molar refractivity (Wildman–Crippen MR) is 99.1 cm³/mol. The van der Waals surface area contributed by atoms with Gasteiger partial charge in [-0.25, -0.2) is 9.78 Å². The van der Waals surface area contributed by atoms with Crippen LogP contribution in [-0.2, 0) is 16.0 Å². The Hall–Kier alpha value is -3.21. The lowest BCUT2D eigenvalue weighted by molar-refractivity contribution is -0.121. The van der Waals surface area contributed by atoms with E-state index < -0.39 is 5.97 Å². The number of ether oxygens (including phenoxy) is 1. The molecule has 1 aliphatic rings. The van der Waals surface area contributed by atoms with Crippen molar-refractivity contribution >= 4 is 28.5 Å². The van der Waals surface area contributed by atoms with Gasteiger partial charge in [-0.15, -0.1) is 0 Å². The van der Waals surface area contributed by atoms with E-state index in [0.717, 1.165) is 35.0 Å². The summed E-state index contributed by atoms with van der Waals surface area (Å²) in [5, 5.41) is 0.949. The number of pyridine rings is 1. The summed E-state index contributed by atoms with van der Waals surface area (Å²) in [7, 11) is 0. The van der Waals surface area contributed by atoms with Gasteiger partial charge in [-0.1, -0.05) is 42.5 Å². The van der Waals surface area contributed by atoms with E-state index in [9.17, 15) is 9.59 Å². The number of nitrogens with zero attached hydrogens (tertiary/aromatic N) is 2. The molecule has 0 saturated heterocycles. The van der Waals surface area contributed by atoms with Crippen molar-refractivity contribution in [3.63, 3.8) is 0 Å². The Labute approximate surface area is 151 Å². The summed E-state index contributed by atoms with van der Waals surface area (Å²) < 4.78 is 5.21. The number of carbonyl (C=O) groups excluding carboxylic acids is 2. The minimum Gasteiger partial charge on any atom is -0.451 e. The minimum atomic E-state index is -0.589. The second kappa shape index (κ2) is 6.96. The van der Waals surface area contributed by atoms with Crippen LogP contribution in [0.4, 0.5) is 5.69 Å². The molecule has 0 fully saturated rings. The lowest BCUT2D eigenvalue weighted by Gasteiger charge is -2.29. The molecule has 0 saturated carbocycles. The Bertz CT molecular complexity index is 984. The van der Waals surface area contributed by atoms with Gasteiger partial charge in [0.1, 0.15) is 5.69 Å². The van der Waals surface area contributed by atoms with Crippen LogP contribution >= 0.6 is 0 Å². The number of carbonyl (C=O) groups is 2. The van der Waals surface area contributed by atoms with Crippen LogP contribution < -0.4 is 4.90 Å². The predicted octanol–water partition coefficient (Wildman–Crippen LogP) is 3.37. The van der Waals surface area contributed by atoms with Crippen LogP contribution in [0.5, 0.6) is 0 Å². The number of para-hydroxylation sites is 2. The average molecular weight is 346 g/mol. The molecule has 0 N–H and O–H groups in total. The van der Waals surface area contributed by atoms with E-state index in [-0.39, 0.29) is 18.2 Å². The van der Waals surface area contributed by atoms with Crippen molar-refractivity contribution in [1.82, 2.24) is 4.98 Å². The van der Waals surface area contributed by atoms with Gasteiger partial charge in [-0.2, -0.15) is 0 Å². The molecule has 0 unspecified atom stereocenters. The monoisotopic (exact) mass is 346 g/mol. The Morgan fingerprint density at radius 2 is 1.81 bits per heavy atom. The zero-order chi connectivity index (χ0) is 17.9. The smallest absolute Gasteiger partial charge is 0.357 e. The summed E-state index contributed by atoms with van der Waals surface area (Å²) in [5.74, 6) is -0.805. The molecule has 4 rings (SSSR count). The number of hydrogen-bond acceptors (Lipinski definition) is 4. The molecule has 2 heterocycles. The summed E-state index contributed by atoms with van der Waals surface area (Å²) in [6, 6.07) is 18.8. The molecule has 130 valence electrons. The number of fused-ring (bicyclic) bond motifs is 2. The maximum absolute atomic E-state index is 12.5. The minimum absolute atomic E-state index is 0.204. The molecule has 26 heavy (non-hydrogen) atoms. The molecular weight excluding hydrogens is 328 g/mol. The number of rotatable bonds is 3. The van der Waals surface area contributed by atoms with Crippen molar-refractivity contribution in [3.8, 4) is 0 Å². The molecule has 0 atom stereocenters. The second-order valence-electron chi connectivity index (χ2n) is 6.24. The number of benzene rings is 2. The van der Waals surface area contributed by atoms with Crippen LogP contribution in [0.1, 0.15) is 22.5 Å². The Balaban J connectivity index is 1.45. The van der Waals surface area contributed by atoms with Crippen molar-refractivity contribution in [3.05, 3.63) is 71.9 Å². The zero-order valence-electron chi connectivity index (χ0n) is 14.2. The van der Waals surface area contributed by atoms with Crippen molar-refractivity contribution in [2.24, 2.45) is 0 Å². The first-order chi connectivity index (χ1) is 12.7. The lowest BCUT2D eigenvalue weighted by Crippen LogP contribution is -2.38. The Kier molecular flexibility index (Phi) is 4.35. The van der Waals surface area contributed by atoms with Crippen LogP contribution in [0.2, 0.25) is 0 Å². The van der Waals surface area contributed by atoms with Crippen LogP contribution in [0.3, 0.4) is 0 Å². The number of hydrogen-bond donors (Lipinski definition) is 0. The summed E-state index contributed by atoms with van der Waals surface area (Å²) in [6.45, 7) is 0.350. The van der Waals surface area contributed by atoms with Crippen molar-refractivity contribution < 1.29 is 14.3 Å². The van der Waals surface area contributed by atoms with E-state index in [4.69, 9.17) is 4.74 Å². The van der Waals surface area contributed by atoms with Gasteiger partial charge in [-0.05, 0) is 36.6 Å². The van der Waals surface area contributed by atoms with E-state index in [2.05, 4.69) is 4.98 Å². The maximum atomic E-state index is 12.5. The number of anilines is 1. The van der Waals surface area contributed by atoms with Gasteiger partial charge in [0, 0.05) is 17.6 Å². The lowest BCUT2D eigenvalue weighted by atomic mass is 10.0. The van der Waals surface area contributed by atoms with Gasteiger partial charge in [0.2, 0.25) is 0 Å². The molecule has 1 aromatic heterocycles. The fourth-order valence-electron chi connectivity index (χ4n) is 3.25. The van der Waals surface area contributed by atoms with Crippen molar-refractivity contribution in [2.75, 3.05) is 18.1 Å². The molecule has 5 nitrogen and oxygen atoms in total. The van der Waals surface area contributed by atoms with E-state index in [1.165, 1.54) is 0 Å². The van der Waals surface area contributed by atoms with Crippen molar-refractivity contribution in [2.45, 2.75) is 12.8 Å². The van der Waals surface area contributed by atoms with Crippen LogP contribution in [0, 0.1) is 0 Å². The number of aromatic nitrogens is 1. The number of esters is 1. The fourth-order valence-corrected chi connectivity index (χ4v) is 3.25. The average Bonchev–Trinajstić information content (AvgIpc) is 2.71. The van der Waals surface area contributed by atoms with Crippen LogP contribution in [0.15, 0.2) is 60.7 Å². The van der Waals surface area contributed by atoms with Gasteiger partial charge in [0.25, 0.3) is 5.91 Å². The molecule has 0 spiro atoms. The molecule has 0 radical (unpaired) electrons. The fraction of sp³-hybridized carbons (Fsp3) is 0.190. The van der Waals surface area contributed by atoms with E-state index in [1.54, 1.807) is 11.0 Å². The number of amides is 1. The second-order valence-corrected chi connectivity index (χ2v) is 6.24. The number of aryl methyl sites for hydroxylation is 1. The summed E-state index contributed by atoms with van der Waals surface area (Å²) in [5.41, 5.74) is 2.98. The standard InChI is InChI=1S/C21H18N2O3/c24-20(23-13-5-8-16-7-2-4-10-19(16)23)14-26-21(25)18-12-11-15-6-1-3-9-17(15)22-18/h1-4,6-7,9-12H,5,8,13-14H2. The third-order valence-corrected chi connectivity index (χ3v) is 4.55. The Morgan fingerprint density at radius 1 is 1.00 bits per heavy atom. The van der Waals surface area contributed by atoms with Gasteiger partial charge >= 0.3 is 5.97 Å². The van der Waals surface area contributed by atoms with Gasteiger partial charge in [0.15, 0.2) is 6.61 Å². The highest BCUT2D eigenvalue weighted by atomic mass is 16.5. The molecule has 0 aliphatic carbocycles. The first kappa shape index (κ1) is 16.3. The van der Waals surface area contributed by atoms with Crippen LogP contribution in [-0.4, -0.2) is 30.0 Å². The molecule has 5 heteroatoms. The first-order valence-electron chi connectivity index (χ1n) is 8.63. The maximum Gasteiger partial charge on any atom is 0.357 e. The summed E-state index contributed by atoms with van der Waals surface area (Å²) in [6.07, 6.45) is 1.86. The highest BCUT2D eigenvalue weighted by molar-refractivity contribution is 5.98. The van der Waals surface area contributed by atoms with Crippen molar-refractivity contribution in [1.29, 1.82) is 0 Å². The highest BCUT2D eigenvalue weighted by Crippen LogP contribution is 2.26. The summed E-state index contributed by atoms with van der Waals surface area (Å²) in [4.78, 5) is 30.8.